The molecule has 0 saturated heterocycles. The Morgan fingerprint density at radius 1 is 1.00 bits per heavy atom. The fourth-order valence-corrected chi connectivity index (χ4v) is 2.61. The summed E-state index contributed by atoms with van der Waals surface area (Å²) in [7, 11) is 0. The second-order valence-electron chi connectivity index (χ2n) is 4.81. The van der Waals surface area contributed by atoms with Gasteiger partial charge in [-0.1, -0.05) is 40.2 Å². The molecule has 2 rings (SSSR count). The lowest BCUT2D eigenvalue weighted by atomic mass is 10.0. The van der Waals surface area contributed by atoms with Gasteiger partial charge in [0.15, 0.2) is 11.6 Å². The van der Waals surface area contributed by atoms with Gasteiger partial charge in [-0.2, -0.15) is 0 Å². The van der Waals surface area contributed by atoms with E-state index < -0.39 is 11.6 Å². The number of hydrogen-bond acceptors (Lipinski definition) is 1. The van der Waals surface area contributed by atoms with Crippen molar-refractivity contribution in [1.82, 2.24) is 5.32 Å². The van der Waals surface area contributed by atoms with Gasteiger partial charge >= 0.3 is 0 Å². The standard InChI is InChI=1S/C16H16BrF2N/c1-10(12-5-3-6-13(17)9-12)20-11(2)14-7-4-8-15(18)16(14)19/h3-11,20H,1-2H3. The Balaban J connectivity index is 2.15. The summed E-state index contributed by atoms with van der Waals surface area (Å²) in [4.78, 5) is 0. The minimum absolute atomic E-state index is 0.0326. The van der Waals surface area contributed by atoms with E-state index in [1.807, 2.05) is 38.1 Å². The zero-order chi connectivity index (χ0) is 14.7. The Bertz CT molecular complexity index is 601. The van der Waals surface area contributed by atoms with E-state index in [1.165, 1.54) is 6.07 Å². The van der Waals surface area contributed by atoms with Crippen LogP contribution in [-0.4, -0.2) is 0 Å². The first-order chi connectivity index (χ1) is 9.49. The highest BCUT2D eigenvalue weighted by atomic mass is 79.9. The van der Waals surface area contributed by atoms with E-state index in [-0.39, 0.29) is 12.1 Å². The van der Waals surface area contributed by atoms with Crippen molar-refractivity contribution in [1.29, 1.82) is 0 Å². The summed E-state index contributed by atoms with van der Waals surface area (Å²) in [6.45, 7) is 3.82. The van der Waals surface area contributed by atoms with Crippen LogP contribution in [-0.2, 0) is 0 Å². The molecule has 1 nitrogen and oxygen atoms in total. The van der Waals surface area contributed by atoms with Gasteiger partial charge in [0.1, 0.15) is 0 Å². The van der Waals surface area contributed by atoms with Gasteiger partial charge in [-0.25, -0.2) is 8.78 Å². The first-order valence-corrected chi connectivity index (χ1v) is 7.23. The van der Waals surface area contributed by atoms with E-state index in [9.17, 15) is 8.78 Å². The molecule has 4 heteroatoms. The quantitative estimate of drug-likeness (QED) is 0.813. The minimum atomic E-state index is -0.814. The number of nitrogens with one attached hydrogen (secondary N) is 1. The highest BCUT2D eigenvalue weighted by Gasteiger charge is 2.16. The van der Waals surface area contributed by atoms with Crippen molar-refractivity contribution in [3.05, 3.63) is 69.7 Å². The van der Waals surface area contributed by atoms with Crippen LogP contribution in [0.5, 0.6) is 0 Å². The maximum absolute atomic E-state index is 13.7. The molecule has 0 aliphatic rings. The van der Waals surface area contributed by atoms with Gasteiger partial charge in [0.05, 0.1) is 0 Å². The Morgan fingerprint density at radius 3 is 2.40 bits per heavy atom. The van der Waals surface area contributed by atoms with Gasteiger partial charge in [-0.15, -0.1) is 0 Å². The van der Waals surface area contributed by atoms with Crippen LogP contribution in [0.1, 0.15) is 37.1 Å². The SMILES string of the molecule is CC(NC(C)c1cccc(F)c1F)c1cccc(Br)c1. The Labute approximate surface area is 126 Å². The van der Waals surface area contributed by atoms with Gasteiger partial charge in [0.2, 0.25) is 0 Å². The van der Waals surface area contributed by atoms with Crippen LogP contribution < -0.4 is 5.32 Å². The average molecular weight is 340 g/mol. The van der Waals surface area contributed by atoms with E-state index in [0.29, 0.717) is 5.56 Å². The molecule has 2 aromatic carbocycles. The molecule has 0 heterocycles. The van der Waals surface area contributed by atoms with Crippen LogP contribution in [0.3, 0.4) is 0 Å². The predicted octanol–water partition coefficient (Wildman–Crippen LogP) is 5.14. The summed E-state index contributed by atoms with van der Waals surface area (Å²) in [6, 6.07) is 11.9. The third kappa shape index (κ3) is 3.44. The van der Waals surface area contributed by atoms with Crippen molar-refractivity contribution >= 4 is 15.9 Å². The van der Waals surface area contributed by atoms with Gasteiger partial charge in [0, 0.05) is 22.1 Å². The summed E-state index contributed by atoms with van der Waals surface area (Å²) < 4.78 is 28.0. The van der Waals surface area contributed by atoms with E-state index in [0.717, 1.165) is 16.1 Å². The van der Waals surface area contributed by atoms with Crippen LogP contribution >= 0.6 is 15.9 Å². The molecule has 0 saturated carbocycles. The zero-order valence-corrected chi connectivity index (χ0v) is 12.9. The molecule has 0 radical (unpaired) electrons. The van der Waals surface area contributed by atoms with Gasteiger partial charge in [-0.3, -0.25) is 0 Å². The highest BCUT2D eigenvalue weighted by molar-refractivity contribution is 9.10. The number of rotatable bonds is 4. The van der Waals surface area contributed by atoms with Gasteiger partial charge < -0.3 is 5.32 Å². The second kappa shape index (κ2) is 6.46. The summed E-state index contributed by atoms with van der Waals surface area (Å²) in [5.41, 5.74) is 1.43. The largest absolute Gasteiger partial charge is 0.304 e. The lowest BCUT2D eigenvalue weighted by Gasteiger charge is -2.21. The first-order valence-electron chi connectivity index (χ1n) is 6.44. The lowest BCUT2D eigenvalue weighted by molar-refractivity contribution is 0.449. The van der Waals surface area contributed by atoms with Gasteiger partial charge in [-0.05, 0) is 37.6 Å². The van der Waals surface area contributed by atoms with E-state index in [4.69, 9.17) is 0 Å². The molecule has 0 bridgehead atoms. The molecule has 0 aromatic heterocycles. The lowest BCUT2D eigenvalue weighted by Crippen LogP contribution is -2.23. The monoisotopic (exact) mass is 339 g/mol. The van der Waals surface area contributed by atoms with Crippen molar-refractivity contribution in [3.63, 3.8) is 0 Å². The number of benzene rings is 2. The second-order valence-corrected chi connectivity index (χ2v) is 5.72. The summed E-state index contributed by atoms with van der Waals surface area (Å²) in [5, 5.41) is 3.28. The molecule has 106 valence electrons. The molecule has 0 aliphatic carbocycles. The summed E-state index contributed by atoms with van der Waals surface area (Å²) >= 11 is 3.43. The molecule has 0 fully saturated rings. The molecule has 2 atom stereocenters. The molecule has 1 N–H and O–H groups in total. The van der Waals surface area contributed by atoms with Crippen LogP contribution in [0.15, 0.2) is 46.9 Å². The molecule has 2 unspecified atom stereocenters. The maximum Gasteiger partial charge on any atom is 0.163 e. The van der Waals surface area contributed by atoms with Crippen molar-refractivity contribution in [2.75, 3.05) is 0 Å². The molecule has 0 spiro atoms. The number of hydrogen-bond donors (Lipinski definition) is 1. The maximum atomic E-state index is 13.7. The average Bonchev–Trinajstić information content (AvgIpc) is 2.41. The van der Waals surface area contributed by atoms with Crippen molar-refractivity contribution in [3.8, 4) is 0 Å². The fourth-order valence-electron chi connectivity index (χ4n) is 2.19. The molecular weight excluding hydrogens is 324 g/mol. The first kappa shape index (κ1) is 15.1. The minimum Gasteiger partial charge on any atom is -0.304 e. The smallest absolute Gasteiger partial charge is 0.163 e. The Hall–Kier alpha value is -1.26. The van der Waals surface area contributed by atoms with Crippen LogP contribution in [0.2, 0.25) is 0 Å². The van der Waals surface area contributed by atoms with Gasteiger partial charge in [0.25, 0.3) is 0 Å². The van der Waals surface area contributed by atoms with Crippen LogP contribution in [0.4, 0.5) is 8.78 Å². The summed E-state index contributed by atoms with van der Waals surface area (Å²) in [6.07, 6.45) is 0. The molecule has 2 aromatic rings. The topological polar surface area (TPSA) is 12.0 Å². The van der Waals surface area contributed by atoms with Crippen LogP contribution in [0, 0.1) is 11.6 Å². The Morgan fingerprint density at radius 2 is 1.70 bits per heavy atom. The molecule has 0 amide bonds. The highest BCUT2D eigenvalue weighted by Crippen LogP contribution is 2.24. The van der Waals surface area contributed by atoms with Crippen molar-refractivity contribution in [2.45, 2.75) is 25.9 Å². The fraction of sp³-hybridized carbons (Fsp3) is 0.250. The molecular formula is C16H16BrF2N. The van der Waals surface area contributed by atoms with Crippen molar-refractivity contribution in [2.24, 2.45) is 0 Å². The normalized spacial score (nSPS) is 14.1. The van der Waals surface area contributed by atoms with E-state index >= 15 is 0 Å². The summed E-state index contributed by atoms with van der Waals surface area (Å²) in [5.74, 6) is -1.60. The van der Waals surface area contributed by atoms with Crippen LogP contribution in [0.25, 0.3) is 0 Å². The van der Waals surface area contributed by atoms with E-state index in [2.05, 4.69) is 21.2 Å². The Kier molecular flexibility index (Phi) is 4.89. The third-order valence-corrected chi connectivity index (χ3v) is 3.79. The van der Waals surface area contributed by atoms with Crippen molar-refractivity contribution < 1.29 is 8.78 Å². The molecule has 0 aliphatic heterocycles. The number of halogens is 3. The zero-order valence-electron chi connectivity index (χ0n) is 11.3. The molecule has 20 heavy (non-hydrogen) atoms. The predicted molar refractivity (Wildman–Crippen MR) is 80.5 cm³/mol. The third-order valence-electron chi connectivity index (χ3n) is 3.30. The van der Waals surface area contributed by atoms with E-state index in [1.54, 1.807) is 6.07 Å².